The summed E-state index contributed by atoms with van der Waals surface area (Å²) in [6, 6.07) is 4.23. The molecule has 4 nitrogen and oxygen atoms in total. The number of aliphatic hydroxyl groups is 1. The van der Waals surface area contributed by atoms with Crippen LogP contribution in [0.25, 0.3) is 0 Å². The van der Waals surface area contributed by atoms with E-state index in [1.165, 1.54) is 0 Å². The van der Waals surface area contributed by atoms with Crippen LogP contribution in [0.2, 0.25) is 0 Å². The Labute approximate surface area is 114 Å². The van der Waals surface area contributed by atoms with Gasteiger partial charge < -0.3 is 15.0 Å². The zero-order valence-corrected chi connectivity index (χ0v) is 12.0. The average molecular weight is 264 g/mol. The molecule has 0 radical (unpaired) electrons. The first-order valence-electron chi connectivity index (χ1n) is 7.13. The first kappa shape index (κ1) is 14.1. The van der Waals surface area contributed by atoms with E-state index in [4.69, 9.17) is 0 Å². The zero-order chi connectivity index (χ0) is 14.0. The van der Waals surface area contributed by atoms with Crippen LogP contribution in [0.1, 0.15) is 56.6 Å². The summed E-state index contributed by atoms with van der Waals surface area (Å²) >= 11 is 0. The third kappa shape index (κ3) is 3.18. The molecule has 0 bridgehead atoms. The molecule has 2 N–H and O–H groups in total. The molecule has 2 atom stereocenters. The Morgan fingerprint density at radius 1 is 1.63 bits per heavy atom. The van der Waals surface area contributed by atoms with Crippen molar-refractivity contribution in [3.8, 4) is 0 Å². The highest BCUT2D eigenvalue weighted by Crippen LogP contribution is 2.36. The lowest BCUT2D eigenvalue weighted by Crippen LogP contribution is -2.45. The van der Waals surface area contributed by atoms with Crippen molar-refractivity contribution in [1.82, 2.24) is 9.88 Å². The second-order valence-electron chi connectivity index (χ2n) is 5.88. The smallest absolute Gasteiger partial charge is 0.268 e. The molecule has 1 heterocycles. The minimum Gasteiger partial charge on any atom is -0.388 e. The van der Waals surface area contributed by atoms with E-state index in [1.807, 2.05) is 36.7 Å². The highest BCUT2D eigenvalue weighted by atomic mass is 16.3. The fourth-order valence-corrected chi connectivity index (χ4v) is 2.22. The fraction of sp³-hybridized carbons (Fsp3) is 0.667. The monoisotopic (exact) mass is 264 g/mol. The minimum atomic E-state index is -0.860. The summed E-state index contributed by atoms with van der Waals surface area (Å²) in [5.74, 6) is 0.0588. The number of amides is 1. The van der Waals surface area contributed by atoms with Crippen LogP contribution in [0.4, 0.5) is 0 Å². The minimum absolute atomic E-state index is 0.0968. The Kier molecular flexibility index (Phi) is 3.99. The van der Waals surface area contributed by atoms with Crippen molar-refractivity contribution in [3.05, 3.63) is 24.0 Å². The van der Waals surface area contributed by atoms with Gasteiger partial charge in [-0.05, 0) is 37.8 Å². The van der Waals surface area contributed by atoms with Crippen molar-refractivity contribution >= 4 is 5.91 Å². The molecule has 2 rings (SSSR count). The van der Waals surface area contributed by atoms with E-state index in [9.17, 15) is 9.90 Å². The molecule has 2 unspecified atom stereocenters. The standard InChI is InChI=1S/C15H24N2O2/c1-4-11(2)15(3,19)10-16-14(18)13-6-5-9-17(13)12-7-8-12/h5-6,9,11-12,19H,4,7-8,10H2,1-3H3,(H,16,18). The Bertz CT molecular complexity index is 447. The first-order chi connectivity index (χ1) is 8.95. The van der Waals surface area contributed by atoms with Crippen LogP contribution in [-0.2, 0) is 0 Å². The lowest BCUT2D eigenvalue weighted by Gasteiger charge is -2.29. The molecule has 106 valence electrons. The zero-order valence-electron chi connectivity index (χ0n) is 12.0. The van der Waals surface area contributed by atoms with Gasteiger partial charge in [0.25, 0.3) is 5.91 Å². The van der Waals surface area contributed by atoms with Crippen LogP contribution in [0.15, 0.2) is 18.3 Å². The van der Waals surface area contributed by atoms with Gasteiger partial charge >= 0.3 is 0 Å². The van der Waals surface area contributed by atoms with E-state index in [0.717, 1.165) is 19.3 Å². The number of rotatable bonds is 6. The maximum Gasteiger partial charge on any atom is 0.268 e. The average Bonchev–Trinajstić information content (AvgIpc) is 3.12. The van der Waals surface area contributed by atoms with Crippen LogP contribution in [-0.4, -0.2) is 27.7 Å². The lowest BCUT2D eigenvalue weighted by molar-refractivity contribution is 0.00584. The predicted molar refractivity (Wildman–Crippen MR) is 75.1 cm³/mol. The number of carbonyl (C=O) groups excluding carboxylic acids is 1. The molecule has 1 aliphatic rings. The summed E-state index contributed by atoms with van der Waals surface area (Å²) in [6.07, 6.45) is 5.15. The van der Waals surface area contributed by atoms with Gasteiger partial charge in [-0.15, -0.1) is 0 Å². The van der Waals surface area contributed by atoms with Crippen molar-refractivity contribution < 1.29 is 9.90 Å². The molecular formula is C15H24N2O2. The molecule has 1 fully saturated rings. The largest absolute Gasteiger partial charge is 0.388 e. The van der Waals surface area contributed by atoms with Gasteiger partial charge in [0, 0.05) is 18.8 Å². The molecule has 0 aromatic carbocycles. The summed E-state index contributed by atoms with van der Waals surface area (Å²) < 4.78 is 2.04. The number of hydrogen-bond acceptors (Lipinski definition) is 2. The summed E-state index contributed by atoms with van der Waals surface area (Å²) in [6.45, 7) is 6.11. The highest BCUT2D eigenvalue weighted by molar-refractivity contribution is 5.92. The van der Waals surface area contributed by atoms with Crippen molar-refractivity contribution in [3.63, 3.8) is 0 Å². The lowest BCUT2D eigenvalue weighted by atomic mass is 9.88. The van der Waals surface area contributed by atoms with E-state index in [0.29, 0.717) is 11.7 Å². The van der Waals surface area contributed by atoms with E-state index in [2.05, 4.69) is 5.32 Å². The maximum atomic E-state index is 12.2. The van der Waals surface area contributed by atoms with E-state index in [-0.39, 0.29) is 18.4 Å². The Morgan fingerprint density at radius 2 is 2.32 bits per heavy atom. The number of carbonyl (C=O) groups is 1. The molecule has 0 aliphatic heterocycles. The van der Waals surface area contributed by atoms with Gasteiger partial charge in [-0.3, -0.25) is 4.79 Å². The second kappa shape index (κ2) is 5.37. The van der Waals surface area contributed by atoms with Crippen molar-refractivity contribution in [2.75, 3.05) is 6.54 Å². The number of nitrogens with one attached hydrogen (secondary N) is 1. The van der Waals surface area contributed by atoms with E-state index >= 15 is 0 Å². The molecule has 1 aromatic rings. The Hall–Kier alpha value is -1.29. The Balaban J connectivity index is 1.96. The third-order valence-corrected chi connectivity index (χ3v) is 4.23. The van der Waals surface area contributed by atoms with Gasteiger partial charge in [0.15, 0.2) is 0 Å². The van der Waals surface area contributed by atoms with Gasteiger partial charge in [-0.25, -0.2) is 0 Å². The van der Waals surface area contributed by atoms with Crippen LogP contribution in [0.3, 0.4) is 0 Å². The molecular weight excluding hydrogens is 240 g/mol. The normalized spacial score (nSPS) is 19.8. The van der Waals surface area contributed by atoms with Gasteiger partial charge in [0.05, 0.1) is 5.60 Å². The van der Waals surface area contributed by atoms with Crippen molar-refractivity contribution in [1.29, 1.82) is 0 Å². The highest BCUT2D eigenvalue weighted by Gasteiger charge is 2.29. The summed E-state index contributed by atoms with van der Waals surface area (Å²) in [7, 11) is 0. The summed E-state index contributed by atoms with van der Waals surface area (Å²) in [5.41, 5.74) is -0.163. The second-order valence-corrected chi connectivity index (χ2v) is 5.88. The van der Waals surface area contributed by atoms with Gasteiger partial charge in [-0.1, -0.05) is 20.3 Å². The van der Waals surface area contributed by atoms with E-state index < -0.39 is 5.60 Å². The van der Waals surface area contributed by atoms with Crippen LogP contribution in [0.5, 0.6) is 0 Å². The van der Waals surface area contributed by atoms with Crippen molar-refractivity contribution in [2.45, 2.75) is 51.7 Å². The summed E-state index contributed by atoms with van der Waals surface area (Å²) in [4.78, 5) is 12.2. The maximum absolute atomic E-state index is 12.2. The summed E-state index contributed by atoms with van der Waals surface area (Å²) in [5, 5.41) is 13.2. The molecule has 1 aromatic heterocycles. The Morgan fingerprint density at radius 3 is 2.89 bits per heavy atom. The third-order valence-electron chi connectivity index (χ3n) is 4.23. The predicted octanol–water partition coefficient (Wildman–Crippen LogP) is 2.35. The number of aromatic nitrogens is 1. The molecule has 1 amide bonds. The molecule has 0 spiro atoms. The van der Waals surface area contributed by atoms with Crippen LogP contribution >= 0.6 is 0 Å². The van der Waals surface area contributed by atoms with Gasteiger partial charge in [0.1, 0.15) is 5.69 Å². The molecule has 1 aliphatic carbocycles. The molecule has 4 heteroatoms. The van der Waals surface area contributed by atoms with Gasteiger partial charge in [-0.2, -0.15) is 0 Å². The SMILES string of the molecule is CCC(C)C(C)(O)CNC(=O)c1cccn1C1CC1. The van der Waals surface area contributed by atoms with Crippen LogP contribution in [0, 0.1) is 5.92 Å². The first-order valence-corrected chi connectivity index (χ1v) is 7.13. The quantitative estimate of drug-likeness (QED) is 0.828. The topological polar surface area (TPSA) is 54.3 Å². The molecule has 1 saturated carbocycles. The fourth-order valence-electron chi connectivity index (χ4n) is 2.22. The number of nitrogens with zero attached hydrogens (tertiary/aromatic N) is 1. The molecule has 0 saturated heterocycles. The van der Waals surface area contributed by atoms with Gasteiger partial charge in [0.2, 0.25) is 0 Å². The van der Waals surface area contributed by atoms with Crippen molar-refractivity contribution in [2.24, 2.45) is 5.92 Å². The van der Waals surface area contributed by atoms with Crippen LogP contribution < -0.4 is 5.32 Å². The van der Waals surface area contributed by atoms with E-state index in [1.54, 1.807) is 6.92 Å². The number of hydrogen-bond donors (Lipinski definition) is 2. The molecule has 19 heavy (non-hydrogen) atoms.